The number of halogens is 2. The average molecular weight is 154 g/mol. The predicted molar refractivity (Wildman–Crippen MR) is 28.6 cm³/mol. The molecule has 1 atom stereocenters. The van der Waals surface area contributed by atoms with Crippen LogP contribution < -0.4 is 0 Å². The first-order chi connectivity index (χ1) is 4.57. The zero-order chi connectivity index (χ0) is 8.15. The van der Waals surface area contributed by atoms with Crippen LogP contribution in [0.3, 0.4) is 0 Å². The molecule has 0 saturated carbocycles. The van der Waals surface area contributed by atoms with Crippen LogP contribution in [0.2, 0.25) is 0 Å². The van der Waals surface area contributed by atoms with Crippen molar-refractivity contribution in [1.82, 2.24) is 0 Å². The summed E-state index contributed by atoms with van der Waals surface area (Å²) in [7, 11) is 0. The van der Waals surface area contributed by atoms with Gasteiger partial charge < -0.3 is 9.84 Å². The van der Waals surface area contributed by atoms with Crippen LogP contribution in [0.1, 0.15) is 6.92 Å². The molecular weight excluding hydrogens is 146 g/mol. The summed E-state index contributed by atoms with van der Waals surface area (Å²) in [6, 6.07) is 0. The van der Waals surface area contributed by atoms with Crippen LogP contribution in [0.5, 0.6) is 0 Å². The number of alkyl halides is 2. The first-order valence-corrected chi connectivity index (χ1v) is 2.64. The van der Waals surface area contributed by atoms with Crippen LogP contribution in [0.4, 0.5) is 8.78 Å². The summed E-state index contributed by atoms with van der Waals surface area (Å²) in [5, 5.41) is 8.19. The molecule has 0 spiro atoms. The fraction of sp³-hybridized carbons (Fsp3) is 0.800. The number of aliphatic hydroxyl groups is 1. The minimum atomic E-state index is -2.83. The maximum Gasteiger partial charge on any atom is 0.303 e. The normalized spacial score (nSPS) is 13.3. The van der Waals surface area contributed by atoms with Gasteiger partial charge in [-0.25, -0.2) is 8.78 Å². The van der Waals surface area contributed by atoms with E-state index in [4.69, 9.17) is 5.11 Å². The van der Waals surface area contributed by atoms with E-state index < -0.39 is 25.1 Å². The Hall–Kier alpha value is -0.710. The molecule has 0 radical (unpaired) electrons. The highest BCUT2D eigenvalue weighted by molar-refractivity contribution is 5.66. The second kappa shape index (κ2) is 4.16. The van der Waals surface area contributed by atoms with Crippen molar-refractivity contribution in [2.45, 2.75) is 19.5 Å². The van der Waals surface area contributed by atoms with Gasteiger partial charge in [-0.2, -0.15) is 0 Å². The maximum absolute atomic E-state index is 11.6. The summed E-state index contributed by atoms with van der Waals surface area (Å²) >= 11 is 0. The third kappa shape index (κ3) is 3.34. The second-order valence-electron chi connectivity index (χ2n) is 1.66. The van der Waals surface area contributed by atoms with Crippen LogP contribution in [-0.4, -0.2) is 30.2 Å². The lowest BCUT2D eigenvalue weighted by Crippen LogP contribution is -2.28. The summed E-state index contributed by atoms with van der Waals surface area (Å²) in [6.45, 7) is 0.155. The first-order valence-electron chi connectivity index (χ1n) is 2.64. The topological polar surface area (TPSA) is 46.5 Å². The molecule has 1 unspecified atom stereocenters. The Kier molecular flexibility index (Phi) is 3.87. The zero-order valence-electron chi connectivity index (χ0n) is 5.38. The molecule has 0 bridgehead atoms. The Balaban J connectivity index is 3.71. The van der Waals surface area contributed by atoms with Crippen molar-refractivity contribution in [3.05, 3.63) is 0 Å². The molecular formula is C5H8F2O3. The molecule has 60 valence electrons. The Labute approximate surface area is 56.6 Å². The van der Waals surface area contributed by atoms with Crippen LogP contribution in [-0.2, 0) is 9.53 Å². The van der Waals surface area contributed by atoms with E-state index >= 15 is 0 Å². The highest BCUT2D eigenvalue weighted by Crippen LogP contribution is 2.04. The summed E-state index contributed by atoms with van der Waals surface area (Å²) < 4.78 is 27.3. The second-order valence-corrected chi connectivity index (χ2v) is 1.66. The van der Waals surface area contributed by atoms with Gasteiger partial charge in [-0.3, -0.25) is 4.79 Å². The molecule has 1 N–H and O–H groups in total. The number of carbonyl (C=O) groups excluding carboxylic acids is 1. The predicted octanol–water partition coefficient (Wildman–Crippen LogP) is 0.175. The lowest BCUT2D eigenvalue weighted by molar-refractivity contribution is -0.157. The number of rotatable bonds is 3. The minimum absolute atomic E-state index is 0.820. The lowest BCUT2D eigenvalue weighted by atomic mass is 10.4. The molecule has 0 rings (SSSR count). The lowest BCUT2D eigenvalue weighted by Gasteiger charge is -2.11. The molecule has 0 heterocycles. The molecule has 0 aliphatic heterocycles. The molecule has 0 aliphatic rings. The van der Waals surface area contributed by atoms with Crippen molar-refractivity contribution in [3.63, 3.8) is 0 Å². The maximum atomic E-state index is 11.6. The number of hydrogen-bond acceptors (Lipinski definition) is 3. The van der Waals surface area contributed by atoms with Crippen molar-refractivity contribution in [1.29, 1.82) is 0 Å². The molecule has 3 nitrogen and oxygen atoms in total. The van der Waals surface area contributed by atoms with Crippen molar-refractivity contribution in [3.8, 4) is 0 Å². The molecule has 0 aromatic carbocycles. The summed E-state index contributed by atoms with van der Waals surface area (Å²) in [4.78, 5) is 10.1. The van der Waals surface area contributed by atoms with E-state index in [9.17, 15) is 13.6 Å². The average Bonchev–Trinajstić information content (AvgIpc) is 1.81. The van der Waals surface area contributed by atoms with Gasteiger partial charge >= 0.3 is 5.97 Å². The van der Waals surface area contributed by atoms with Gasteiger partial charge in [0.1, 0.15) is 0 Å². The first kappa shape index (κ1) is 9.29. The van der Waals surface area contributed by atoms with E-state index in [-0.39, 0.29) is 0 Å². The summed E-state index contributed by atoms with van der Waals surface area (Å²) in [5.41, 5.74) is 0. The van der Waals surface area contributed by atoms with Crippen molar-refractivity contribution in [2.75, 3.05) is 6.61 Å². The molecule has 10 heavy (non-hydrogen) atoms. The van der Waals surface area contributed by atoms with Crippen LogP contribution in [0, 0.1) is 0 Å². The molecule has 0 aliphatic carbocycles. The quantitative estimate of drug-likeness (QED) is 0.589. The molecule has 0 aromatic heterocycles. The number of aliphatic hydroxyl groups excluding tert-OH is 1. The van der Waals surface area contributed by atoms with Gasteiger partial charge in [0.25, 0.3) is 6.43 Å². The summed E-state index contributed by atoms with van der Waals surface area (Å²) in [6.07, 6.45) is -4.51. The summed E-state index contributed by atoms with van der Waals surface area (Å²) in [5.74, 6) is -0.820. The standard InChI is InChI=1S/C5H8F2O3/c1-3(9)10-4(2-8)5(6)7/h4-5,8H,2H2,1H3. The highest BCUT2D eigenvalue weighted by Gasteiger charge is 2.21. The van der Waals surface area contributed by atoms with E-state index in [0.717, 1.165) is 6.92 Å². The molecule has 0 saturated heterocycles. The number of carbonyl (C=O) groups is 1. The Morgan fingerprint density at radius 3 is 2.30 bits per heavy atom. The Morgan fingerprint density at radius 2 is 2.20 bits per heavy atom. The number of hydrogen-bond donors (Lipinski definition) is 1. The van der Waals surface area contributed by atoms with Gasteiger partial charge in [0.15, 0.2) is 6.10 Å². The Morgan fingerprint density at radius 1 is 1.70 bits per heavy atom. The van der Waals surface area contributed by atoms with E-state index in [1.807, 2.05) is 0 Å². The zero-order valence-corrected chi connectivity index (χ0v) is 5.38. The van der Waals surface area contributed by atoms with E-state index in [2.05, 4.69) is 4.74 Å². The highest BCUT2D eigenvalue weighted by atomic mass is 19.3. The third-order valence-corrected chi connectivity index (χ3v) is 0.778. The minimum Gasteiger partial charge on any atom is -0.454 e. The van der Waals surface area contributed by atoms with Crippen LogP contribution >= 0.6 is 0 Å². The van der Waals surface area contributed by atoms with E-state index in [1.165, 1.54) is 0 Å². The molecule has 0 aromatic rings. The van der Waals surface area contributed by atoms with E-state index in [0.29, 0.717) is 0 Å². The van der Waals surface area contributed by atoms with Crippen LogP contribution in [0.25, 0.3) is 0 Å². The molecule has 0 amide bonds. The van der Waals surface area contributed by atoms with Gasteiger partial charge in [-0.15, -0.1) is 0 Å². The van der Waals surface area contributed by atoms with Gasteiger partial charge in [0, 0.05) is 6.92 Å². The fourth-order valence-electron chi connectivity index (χ4n) is 0.382. The largest absolute Gasteiger partial charge is 0.454 e. The SMILES string of the molecule is CC(=O)OC(CO)C(F)F. The van der Waals surface area contributed by atoms with Gasteiger partial charge in [0.05, 0.1) is 6.61 Å². The Bertz CT molecular complexity index is 115. The van der Waals surface area contributed by atoms with Crippen molar-refractivity contribution in [2.24, 2.45) is 0 Å². The third-order valence-electron chi connectivity index (χ3n) is 0.778. The van der Waals surface area contributed by atoms with E-state index in [1.54, 1.807) is 0 Å². The number of esters is 1. The van der Waals surface area contributed by atoms with Gasteiger partial charge in [-0.05, 0) is 0 Å². The smallest absolute Gasteiger partial charge is 0.303 e. The molecule has 0 fully saturated rings. The number of ether oxygens (including phenoxy) is 1. The molecule has 5 heteroatoms. The fourth-order valence-corrected chi connectivity index (χ4v) is 0.382. The van der Waals surface area contributed by atoms with Gasteiger partial charge in [-0.1, -0.05) is 0 Å². The monoisotopic (exact) mass is 154 g/mol. The van der Waals surface area contributed by atoms with Crippen molar-refractivity contribution < 1.29 is 23.4 Å². The van der Waals surface area contributed by atoms with Crippen LogP contribution in [0.15, 0.2) is 0 Å². The van der Waals surface area contributed by atoms with Gasteiger partial charge in [0.2, 0.25) is 0 Å². The van der Waals surface area contributed by atoms with Crippen molar-refractivity contribution >= 4 is 5.97 Å².